The molecule has 7 heteroatoms. The third kappa shape index (κ3) is 3.68. The number of nitrogens with zero attached hydrogens (tertiary/aromatic N) is 2. The van der Waals surface area contributed by atoms with Gasteiger partial charge in [-0.25, -0.2) is 14.2 Å². The van der Waals surface area contributed by atoms with Crippen molar-refractivity contribution in [2.24, 2.45) is 0 Å². The molecule has 0 aliphatic carbocycles. The van der Waals surface area contributed by atoms with Crippen molar-refractivity contribution in [2.75, 3.05) is 16.8 Å². The molecule has 3 amide bonds. The van der Waals surface area contributed by atoms with Gasteiger partial charge in [-0.15, -0.1) is 0 Å². The van der Waals surface area contributed by atoms with E-state index in [9.17, 15) is 14.0 Å². The summed E-state index contributed by atoms with van der Waals surface area (Å²) >= 11 is 0. The first-order chi connectivity index (χ1) is 11.5. The van der Waals surface area contributed by atoms with Gasteiger partial charge in [0.2, 0.25) is 5.91 Å². The van der Waals surface area contributed by atoms with Crippen molar-refractivity contribution >= 4 is 23.4 Å². The quantitative estimate of drug-likeness (QED) is 0.909. The van der Waals surface area contributed by atoms with Gasteiger partial charge in [-0.1, -0.05) is 6.07 Å². The maximum atomic E-state index is 13.3. The van der Waals surface area contributed by atoms with Crippen LogP contribution in [0.1, 0.15) is 12.0 Å². The van der Waals surface area contributed by atoms with Crippen LogP contribution in [0.15, 0.2) is 42.6 Å². The lowest BCUT2D eigenvalue weighted by Crippen LogP contribution is -2.39. The molecule has 0 bridgehead atoms. The summed E-state index contributed by atoms with van der Waals surface area (Å²) in [6.45, 7) is 2.20. The van der Waals surface area contributed by atoms with Gasteiger partial charge in [-0.2, -0.15) is 0 Å². The Balaban J connectivity index is 1.61. The van der Waals surface area contributed by atoms with Crippen LogP contribution in [0.5, 0.6) is 0 Å². The molecule has 1 aliphatic rings. The summed E-state index contributed by atoms with van der Waals surface area (Å²) in [6, 6.07) is 8.65. The summed E-state index contributed by atoms with van der Waals surface area (Å²) < 4.78 is 13.3. The summed E-state index contributed by atoms with van der Waals surface area (Å²) in [5.74, 6) is -0.113. The molecule has 124 valence electrons. The molecule has 1 fully saturated rings. The SMILES string of the molecule is Cc1ccnc(NC(=O)N[C@@H]2CC(=O)N(c3cccc(F)c3)C2)c1. The Morgan fingerprint density at radius 1 is 1.33 bits per heavy atom. The molecule has 1 aliphatic heterocycles. The van der Waals surface area contributed by atoms with E-state index in [1.54, 1.807) is 24.4 Å². The summed E-state index contributed by atoms with van der Waals surface area (Å²) in [5.41, 5.74) is 1.47. The van der Waals surface area contributed by atoms with Crippen LogP contribution >= 0.6 is 0 Å². The Morgan fingerprint density at radius 2 is 2.17 bits per heavy atom. The first kappa shape index (κ1) is 15.9. The van der Waals surface area contributed by atoms with E-state index in [0.717, 1.165) is 5.56 Å². The molecule has 1 aromatic carbocycles. The predicted octanol–water partition coefficient (Wildman–Crippen LogP) is 2.46. The Bertz CT molecular complexity index is 781. The first-order valence-electron chi connectivity index (χ1n) is 7.57. The number of hydrogen-bond donors (Lipinski definition) is 2. The molecule has 0 spiro atoms. The average molecular weight is 328 g/mol. The molecule has 1 atom stereocenters. The van der Waals surface area contributed by atoms with E-state index >= 15 is 0 Å². The number of halogens is 1. The second kappa shape index (κ2) is 6.66. The van der Waals surface area contributed by atoms with Crippen molar-refractivity contribution in [2.45, 2.75) is 19.4 Å². The zero-order chi connectivity index (χ0) is 17.1. The van der Waals surface area contributed by atoms with Gasteiger partial charge in [0.1, 0.15) is 11.6 Å². The number of carbonyl (C=O) groups is 2. The van der Waals surface area contributed by atoms with Crippen molar-refractivity contribution in [3.05, 3.63) is 54.0 Å². The third-order valence-electron chi connectivity index (χ3n) is 3.74. The molecule has 0 unspecified atom stereocenters. The van der Waals surface area contributed by atoms with E-state index in [2.05, 4.69) is 15.6 Å². The van der Waals surface area contributed by atoms with Gasteiger partial charge in [0.05, 0.1) is 6.04 Å². The molecule has 0 saturated carbocycles. The minimum atomic E-state index is -0.424. The van der Waals surface area contributed by atoms with Crippen molar-refractivity contribution in [1.29, 1.82) is 0 Å². The number of aryl methyl sites for hydroxylation is 1. The van der Waals surface area contributed by atoms with Gasteiger partial charge < -0.3 is 10.2 Å². The Labute approximate surface area is 138 Å². The summed E-state index contributed by atoms with van der Waals surface area (Å²) in [7, 11) is 0. The summed E-state index contributed by atoms with van der Waals surface area (Å²) in [4.78, 5) is 29.7. The van der Waals surface area contributed by atoms with Gasteiger partial charge >= 0.3 is 6.03 Å². The van der Waals surface area contributed by atoms with Crippen molar-refractivity contribution in [3.63, 3.8) is 0 Å². The number of hydrogen-bond acceptors (Lipinski definition) is 3. The van der Waals surface area contributed by atoms with E-state index < -0.39 is 11.8 Å². The molecule has 2 aromatic rings. The minimum absolute atomic E-state index is 0.153. The van der Waals surface area contributed by atoms with Crippen LogP contribution in [0.25, 0.3) is 0 Å². The first-order valence-corrected chi connectivity index (χ1v) is 7.57. The van der Waals surface area contributed by atoms with Crippen molar-refractivity contribution in [3.8, 4) is 0 Å². The summed E-state index contributed by atoms with van der Waals surface area (Å²) in [6.07, 6.45) is 1.78. The second-order valence-electron chi connectivity index (χ2n) is 5.70. The number of nitrogens with one attached hydrogen (secondary N) is 2. The molecule has 2 heterocycles. The molecule has 1 saturated heterocycles. The zero-order valence-electron chi connectivity index (χ0n) is 13.1. The number of aromatic nitrogens is 1. The number of pyridine rings is 1. The number of carbonyl (C=O) groups excluding carboxylic acids is 2. The van der Waals surface area contributed by atoms with E-state index in [0.29, 0.717) is 18.1 Å². The van der Waals surface area contributed by atoms with Crippen LogP contribution < -0.4 is 15.5 Å². The number of urea groups is 1. The van der Waals surface area contributed by atoms with Gasteiger partial charge in [0, 0.05) is 24.8 Å². The topological polar surface area (TPSA) is 74.3 Å². The number of amides is 3. The molecular formula is C17H17FN4O2. The van der Waals surface area contributed by atoms with Crippen LogP contribution in [0.4, 0.5) is 20.7 Å². The highest BCUT2D eigenvalue weighted by molar-refractivity contribution is 5.97. The monoisotopic (exact) mass is 328 g/mol. The molecule has 6 nitrogen and oxygen atoms in total. The minimum Gasteiger partial charge on any atom is -0.333 e. The molecular weight excluding hydrogens is 311 g/mol. The Hall–Kier alpha value is -2.96. The van der Waals surface area contributed by atoms with Gasteiger partial charge in [0.25, 0.3) is 0 Å². The maximum Gasteiger partial charge on any atom is 0.320 e. The van der Waals surface area contributed by atoms with Crippen LogP contribution in [0, 0.1) is 12.7 Å². The van der Waals surface area contributed by atoms with Crippen molar-refractivity contribution < 1.29 is 14.0 Å². The van der Waals surface area contributed by atoms with Crippen LogP contribution in [0.3, 0.4) is 0 Å². The van der Waals surface area contributed by atoms with Crippen LogP contribution in [0.2, 0.25) is 0 Å². The fraction of sp³-hybridized carbons (Fsp3) is 0.235. The van der Waals surface area contributed by atoms with E-state index in [1.807, 2.05) is 13.0 Å². The lowest BCUT2D eigenvalue weighted by atomic mass is 10.2. The fourth-order valence-corrected chi connectivity index (χ4v) is 2.64. The fourth-order valence-electron chi connectivity index (χ4n) is 2.64. The maximum absolute atomic E-state index is 13.3. The van der Waals surface area contributed by atoms with Gasteiger partial charge in [-0.05, 0) is 42.8 Å². The molecule has 3 rings (SSSR count). The smallest absolute Gasteiger partial charge is 0.320 e. The molecule has 24 heavy (non-hydrogen) atoms. The van der Waals surface area contributed by atoms with Crippen LogP contribution in [-0.2, 0) is 4.79 Å². The second-order valence-corrected chi connectivity index (χ2v) is 5.70. The average Bonchev–Trinajstić information content (AvgIpc) is 2.87. The number of rotatable bonds is 3. The van der Waals surface area contributed by atoms with Gasteiger partial charge in [0.15, 0.2) is 0 Å². The van der Waals surface area contributed by atoms with Crippen LogP contribution in [-0.4, -0.2) is 29.5 Å². The third-order valence-corrected chi connectivity index (χ3v) is 3.74. The molecule has 0 radical (unpaired) electrons. The standard InChI is InChI=1S/C17H17FN4O2/c1-11-5-6-19-15(7-11)21-17(24)20-13-9-16(23)22(10-13)14-4-2-3-12(18)8-14/h2-8,13H,9-10H2,1H3,(H2,19,20,21,24)/t13-/m1/s1. The Kier molecular flexibility index (Phi) is 4.41. The molecule has 2 N–H and O–H groups in total. The Morgan fingerprint density at radius 3 is 2.92 bits per heavy atom. The van der Waals surface area contributed by atoms with E-state index in [-0.39, 0.29) is 18.4 Å². The number of benzene rings is 1. The largest absolute Gasteiger partial charge is 0.333 e. The highest BCUT2D eigenvalue weighted by atomic mass is 19.1. The predicted molar refractivity (Wildman–Crippen MR) is 88.3 cm³/mol. The highest BCUT2D eigenvalue weighted by Gasteiger charge is 2.31. The lowest BCUT2D eigenvalue weighted by Gasteiger charge is -2.17. The van der Waals surface area contributed by atoms with E-state index in [1.165, 1.54) is 17.0 Å². The highest BCUT2D eigenvalue weighted by Crippen LogP contribution is 2.22. The van der Waals surface area contributed by atoms with E-state index in [4.69, 9.17) is 0 Å². The summed E-state index contributed by atoms with van der Waals surface area (Å²) in [5, 5.41) is 5.38. The zero-order valence-corrected chi connectivity index (χ0v) is 13.1. The number of anilines is 2. The van der Waals surface area contributed by atoms with Gasteiger partial charge in [-0.3, -0.25) is 10.1 Å². The van der Waals surface area contributed by atoms with Crippen molar-refractivity contribution in [1.82, 2.24) is 10.3 Å². The molecule has 1 aromatic heterocycles. The lowest BCUT2D eigenvalue weighted by molar-refractivity contribution is -0.117. The normalized spacial score (nSPS) is 17.0.